The average Bonchev–Trinajstić information content (AvgIpc) is 2.67. The maximum Gasteiger partial charge on any atom is 0.123 e. The Morgan fingerprint density at radius 1 is 1.42 bits per heavy atom. The molecule has 0 N–H and O–H groups in total. The molecule has 0 amide bonds. The van der Waals surface area contributed by atoms with Crippen molar-refractivity contribution in [2.45, 2.75) is 13.1 Å². The topological polar surface area (TPSA) is 30.3 Å². The van der Waals surface area contributed by atoms with E-state index in [0.717, 1.165) is 42.3 Å². The normalized spacial score (nSPS) is 15.7. The summed E-state index contributed by atoms with van der Waals surface area (Å²) in [5, 5.41) is 0. The largest absolute Gasteiger partial charge is 0.492 e. The van der Waals surface area contributed by atoms with Crippen LogP contribution in [0.3, 0.4) is 0 Å². The summed E-state index contributed by atoms with van der Waals surface area (Å²) < 4.78 is 8.95. The van der Waals surface area contributed by atoms with Gasteiger partial charge in [0.25, 0.3) is 0 Å². The van der Waals surface area contributed by atoms with E-state index in [1.807, 2.05) is 31.6 Å². The predicted molar refractivity (Wildman–Crippen MR) is 77.0 cm³/mol. The maximum absolute atomic E-state index is 5.79. The van der Waals surface area contributed by atoms with Crippen LogP contribution in [-0.4, -0.2) is 27.6 Å². The smallest absolute Gasteiger partial charge is 0.123 e. The van der Waals surface area contributed by atoms with Gasteiger partial charge in [-0.3, -0.25) is 4.90 Å². The highest BCUT2D eigenvalue weighted by molar-refractivity contribution is 9.10. The molecule has 3 rings (SSSR count). The van der Waals surface area contributed by atoms with Crippen molar-refractivity contribution in [3.8, 4) is 5.75 Å². The van der Waals surface area contributed by atoms with Crippen LogP contribution in [0.25, 0.3) is 0 Å². The first-order valence-electron chi connectivity index (χ1n) is 6.32. The van der Waals surface area contributed by atoms with Gasteiger partial charge in [-0.1, -0.05) is 15.9 Å². The quantitative estimate of drug-likeness (QED) is 0.851. The van der Waals surface area contributed by atoms with Crippen molar-refractivity contribution in [1.29, 1.82) is 0 Å². The van der Waals surface area contributed by atoms with E-state index in [1.54, 1.807) is 0 Å². The van der Waals surface area contributed by atoms with E-state index in [1.165, 1.54) is 5.56 Å². The second-order valence-corrected chi connectivity index (χ2v) is 5.68. The van der Waals surface area contributed by atoms with Crippen molar-refractivity contribution in [3.63, 3.8) is 0 Å². The van der Waals surface area contributed by atoms with Gasteiger partial charge < -0.3 is 9.30 Å². The van der Waals surface area contributed by atoms with Gasteiger partial charge in [0.05, 0.1) is 6.54 Å². The predicted octanol–water partition coefficient (Wildman–Crippen LogP) is 2.58. The SMILES string of the molecule is Cn1ccnc1CN1CCOc2ccc(Br)cc2C1. The van der Waals surface area contributed by atoms with Crippen LogP contribution in [0.15, 0.2) is 35.1 Å². The highest BCUT2D eigenvalue weighted by atomic mass is 79.9. The summed E-state index contributed by atoms with van der Waals surface area (Å²) >= 11 is 3.52. The molecule has 0 spiro atoms. The minimum atomic E-state index is 0.721. The first-order valence-corrected chi connectivity index (χ1v) is 7.11. The van der Waals surface area contributed by atoms with Crippen molar-refractivity contribution in [2.75, 3.05) is 13.2 Å². The lowest BCUT2D eigenvalue weighted by Gasteiger charge is -2.18. The number of hydrogen-bond donors (Lipinski definition) is 0. The molecule has 100 valence electrons. The van der Waals surface area contributed by atoms with Gasteiger partial charge in [0, 0.05) is 42.6 Å². The number of imidazole rings is 1. The third-order valence-electron chi connectivity index (χ3n) is 3.37. The molecule has 1 aromatic carbocycles. The van der Waals surface area contributed by atoms with Crippen molar-refractivity contribution in [3.05, 3.63) is 46.5 Å². The summed E-state index contributed by atoms with van der Waals surface area (Å²) in [5.41, 5.74) is 1.22. The zero-order valence-electron chi connectivity index (χ0n) is 10.8. The van der Waals surface area contributed by atoms with Gasteiger partial charge >= 0.3 is 0 Å². The molecule has 0 aliphatic carbocycles. The van der Waals surface area contributed by atoms with E-state index in [2.05, 4.69) is 36.4 Å². The maximum atomic E-state index is 5.79. The van der Waals surface area contributed by atoms with Crippen LogP contribution in [-0.2, 0) is 20.1 Å². The molecule has 0 atom stereocenters. The van der Waals surface area contributed by atoms with Crippen molar-refractivity contribution >= 4 is 15.9 Å². The number of aryl methyl sites for hydroxylation is 1. The van der Waals surface area contributed by atoms with E-state index < -0.39 is 0 Å². The van der Waals surface area contributed by atoms with Gasteiger partial charge in [-0.05, 0) is 18.2 Å². The minimum Gasteiger partial charge on any atom is -0.492 e. The second kappa shape index (κ2) is 5.35. The molecular weight excluding hydrogens is 306 g/mol. The van der Waals surface area contributed by atoms with Gasteiger partial charge in [-0.15, -0.1) is 0 Å². The molecule has 19 heavy (non-hydrogen) atoms. The van der Waals surface area contributed by atoms with Crippen molar-refractivity contribution < 1.29 is 4.74 Å². The van der Waals surface area contributed by atoms with Gasteiger partial charge in [0.2, 0.25) is 0 Å². The molecule has 4 nitrogen and oxygen atoms in total. The number of aromatic nitrogens is 2. The Bertz CT molecular complexity index is 582. The molecule has 2 aromatic rings. The number of benzene rings is 1. The van der Waals surface area contributed by atoms with Crippen LogP contribution in [0, 0.1) is 0 Å². The molecule has 1 aromatic heterocycles. The van der Waals surface area contributed by atoms with Crippen molar-refractivity contribution in [1.82, 2.24) is 14.5 Å². The van der Waals surface area contributed by atoms with E-state index in [-0.39, 0.29) is 0 Å². The van der Waals surface area contributed by atoms with Crippen molar-refractivity contribution in [2.24, 2.45) is 7.05 Å². The Morgan fingerprint density at radius 2 is 2.32 bits per heavy atom. The molecule has 0 saturated heterocycles. The molecule has 0 bridgehead atoms. The van der Waals surface area contributed by atoms with E-state index in [4.69, 9.17) is 4.74 Å². The number of hydrogen-bond acceptors (Lipinski definition) is 3. The average molecular weight is 322 g/mol. The fraction of sp³-hybridized carbons (Fsp3) is 0.357. The summed E-state index contributed by atoms with van der Waals surface area (Å²) in [6.45, 7) is 3.37. The molecule has 2 heterocycles. The van der Waals surface area contributed by atoms with Gasteiger partial charge in [0.1, 0.15) is 18.2 Å². The molecule has 1 aliphatic heterocycles. The molecule has 0 saturated carbocycles. The monoisotopic (exact) mass is 321 g/mol. The number of rotatable bonds is 2. The molecule has 0 fully saturated rings. The van der Waals surface area contributed by atoms with Crippen LogP contribution in [0.2, 0.25) is 0 Å². The Hall–Kier alpha value is -1.33. The van der Waals surface area contributed by atoms with Gasteiger partial charge in [-0.25, -0.2) is 4.98 Å². The summed E-state index contributed by atoms with van der Waals surface area (Å²) in [7, 11) is 2.03. The van der Waals surface area contributed by atoms with Crippen LogP contribution < -0.4 is 4.74 Å². The van der Waals surface area contributed by atoms with E-state index in [0.29, 0.717) is 0 Å². The minimum absolute atomic E-state index is 0.721. The fourth-order valence-electron chi connectivity index (χ4n) is 2.30. The third kappa shape index (κ3) is 2.82. The summed E-state index contributed by atoms with van der Waals surface area (Å²) in [5.74, 6) is 2.07. The second-order valence-electron chi connectivity index (χ2n) is 4.77. The van der Waals surface area contributed by atoms with Crippen LogP contribution in [0.1, 0.15) is 11.4 Å². The lowest BCUT2D eigenvalue weighted by atomic mass is 10.2. The Balaban J connectivity index is 1.80. The number of halogens is 1. The number of ether oxygens (including phenoxy) is 1. The van der Waals surface area contributed by atoms with Gasteiger partial charge in [-0.2, -0.15) is 0 Å². The van der Waals surface area contributed by atoms with Gasteiger partial charge in [0.15, 0.2) is 0 Å². The third-order valence-corrected chi connectivity index (χ3v) is 3.86. The molecule has 5 heteroatoms. The summed E-state index contributed by atoms with van der Waals surface area (Å²) in [6.07, 6.45) is 3.82. The van der Waals surface area contributed by atoms with Crippen LogP contribution in [0.5, 0.6) is 5.75 Å². The molecule has 1 aliphatic rings. The standard InChI is InChI=1S/C14H16BrN3O/c1-17-5-4-16-14(17)10-18-6-7-19-13-3-2-12(15)8-11(13)9-18/h2-5,8H,6-7,9-10H2,1H3. The first kappa shape index (κ1) is 12.7. The van der Waals surface area contributed by atoms with Crippen LogP contribution in [0.4, 0.5) is 0 Å². The molecule has 0 unspecified atom stereocenters. The van der Waals surface area contributed by atoms with E-state index in [9.17, 15) is 0 Å². The molecular formula is C14H16BrN3O. The van der Waals surface area contributed by atoms with Crippen LogP contribution >= 0.6 is 15.9 Å². The molecule has 0 radical (unpaired) electrons. The number of fused-ring (bicyclic) bond motifs is 1. The summed E-state index contributed by atoms with van der Waals surface area (Å²) in [6, 6.07) is 6.18. The zero-order chi connectivity index (χ0) is 13.2. The lowest BCUT2D eigenvalue weighted by molar-refractivity contribution is 0.214. The number of nitrogens with zero attached hydrogens (tertiary/aromatic N) is 3. The lowest BCUT2D eigenvalue weighted by Crippen LogP contribution is -2.26. The van der Waals surface area contributed by atoms with E-state index >= 15 is 0 Å². The summed E-state index contributed by atoms with van der Waals surface area (Å²) in [4.78, 5) is 6.75. The Kier molecular flexibility index (Phi) is 3.57. The fourth-order valence-corrected chi connectivity index (χ4v) is 2.71. The first-order chi connectivity index (χ1) is 9.22. The Morgan fingerprint density at radius 3 is 3.11 bits per heavy atom. The Labute approximate surface area is 121 Å². The zero-order valence-corrected chi connectivity index (χ0v) is 12.4. The highest BCUT2D eigenvalue weighted by Crippen LogP contribution is 2.26. The highest BCUT2D eigenvalue weighted by Gasteiger charge is 2.17.